The van der Waals surface area contributed by atoms with Gasteiger partial charge in [-0.05, 0) is 30.9 Å². The molecule has 3 fully saturated rings. The highest BCUT2D eigenvalue weighted by Gasteiger charge is 2.38. The molecule has 1 aromatic rings. The van der Waals surface area contributed by atoms with E-state index in [9.17, 15) is 14.4 Å². The summed E-state index contributed by atoms with van der Waals surface area (Å²) in [7, 11) is 0. The van der Waals surface area contributed by atoms with Gasteiger partial charge in [-0.1, -0.05) is 0 Å². The van der Waals surface area contributed by atoms with Crippen molar-refractivity contribution in [3.05, 3.63) is 30.1 Å². The molecule has 1 aromatic heterocycles. The molecule has 3 saturated heterocycles. The Labute approximate surface area is 170 Å². The molecule has 3 amide bonds. The van der Waals surface area contributed by atoms with E-state index in [-0.39, 0.29) is 23.6 Å². The van der Waals surface area contributed by atoms with Crippen LogP contribution in [0.5, 0.6) is 0 Å². The molecular weight excluding hydrogens is 372 g/mol. The molecule has 4 rings (SSSR count). The van der Waals surface area contributed by atoms with Gasteiger partial charge in [-0.2, -0.15) is 0 Å². The zero-order valence-corrected chi connectivity index (χ0v) is 16.7. The summed E-state index contributed by atoms with van der Waals surface area (Å²) in [5.41, 5.74) is 0.664. The topological polar surface area (TPSA) is 83.0 Å². The molecule has 0 N–H and O–H groups in total. The van der Waals surface area contributed by atoms with Crippen molar-refractivity contribution in [1.29, 1.82) is 0 Å². The highest BCUT2D eigenvalue weighted by molar-refractivity contribution is 5.94. The van der Waals surface area contributed by atoms with Gasteiger partial charge in [0.25, 0.3) is 5.91 Å². The van der Waals surface area contributed by atoms with Gasteiger partial charge in [-0.15, -0.1) is 0 Å². The van der Waals surface area contributed by atoms with Crippen LogP contribution in [0.25, 0.3) is 0 Å². The summed E-state index contributed by atoms with van der Waals surface area (Å²) in [6, 6.07) is 3.48. The molecule has 1 unspecified atom stereocenters. The Balaban J connectivity index is 1.25. The van der Waals surface area contributed by atoms with Gasteiger partial charge >= 0.3 is 0 Å². The maximum Gasteiger partial charge on any atom is 0.253 e. The molecule has 0 spiro atoms. The van der Waals surface area contributed by atoms with Gasteiger partial charge in [0.15, 0.2) is 0 Å². The highest BCUT2D eigenvalue weighted by Crippen LogP contribution is 2.25. The second-order valence-corrected chi connectivity index (χ2v) is 8.11. The Morgan fingerprint density at radius 3 is 2.41 bits per heavy atom. The molecule has 0 radical (unpaired) electrons. The molecule has 0 aromatic carbocycles. The summed E-state index contributed by atoms with van der Waals surface area (Å²) in [4.78, 5) is 47.2. The van der Waals surface area contributed by atoms with Gasteiger partial charge in [-0.3, -0.25) is 19.4 Å². The number of piperidine rings is 1. The summed E-state index contributed by atoms with van der Waals surface area (Å²) >= 11 is 0. The minimum atomic E-state index is -0.228. The van der Waals surface area contributed by atoms with E-state index in [1.54, 1.807) is 24.5 Å². The van der Waals surface area contributed by atoms with E-state index < -0.39 is 0 Å². The number of pyridine rings is 1. The van der Waals surface area contributed by atoms with E-state index in [1.807, 2.05) is 14.7 Å². The smallest absolute Gasteiger partial charge is 0.253 e. The Kier molecular flexibility index (Phi) is 6.08. The second kappa shape index (κ2) is 8.90. The zero-order valence-electron chi connectivity index (χ0n) is 16.7. The number of likely N-dealkylation sites (tertiary alicyclic amines) is 2. The fourth-order valence-corrected chi connectivity index (χ4v) is 4.46. The molecule has 3 aliphatic heterocycles. The van der Waals surface area contributed by atoms with Crippen LogP contribution in [0, 0.1) is 11.8 Å². The largest absolute Gasteiger partial charge is 0.378 e. The van der Waals surface area contributed by atoms with E-state index >= 15 is 0 Å². The van der Waals surface area contributed by atoms with Crippen molar-refractivity contribution in [1.82, 2.24) is 19.7 Å². The third-order valence-corrected chi connectivity index (χ3v) is 6.19. The maximum atomic E-state index is 12.7. The van der Waals surface area contributed by atoms with E-state index in [2.05, 4.69) is 4.98 Å². The molecule has 0 saturated carbocycles. The molecule has 156 valence electrons. The van der Waals surface area contributed by atoms with E-state index in [0.717, 1.165) is 12.8 Å². The first kappa shape index (κ1) is 19.8. The summed E-state index contributed by atoms with van der Waals surface area (Å²) in [6.45, 7) is 4.99. The number of nitrogens with zero attached hydrogens (tertiary/aromatic N) is 4. The lowest BCUT2D eigenvalue weighted by Gasteiger charge is -2.34. The molecule has 8 nitrogen and oxygen atoms in total. The summed E-state index contributed by atoms with van der Waals surface area (Å²) < 4.78 is 5.31. The lowest BCUT2D eigenvalue weighted by atomic mass is 9.95. The second-order valence-electron chi connectivity index (χ2n) is 8.11. The van der Waals surface area contributed by atoms with Crippen molar-refractivity contribution in [2.75, 3.05) is 52.5 Å². The molecule has 3 aliphatic rings. The average molecular weight is 400 g/mol. The van der Waals surface area contributed by atoms with Crippen LogP contribution in [0.1, 0.15) is 29.6 Å². The third kappa shape index (κ3) is 4.58. The maximum absolute atomic E-state index is 12.7. The number of hydrogen-bond donors (Lipinski definition) is 0. The first-order valence-electron chi connectivity index (χ1n) is 10.5. The Morgan fingerprint density at radius 1 is 1.03 bits per heavy atom. The van der Waals surface area contributed by atoms with E-state index in [1.165, 1.54) is 0 Å². The normalized spacial score (nSPS) is 23.5. The molecule has 29 heavy (non-hydrogen) atoms. The number of ether oxygens (including phenoxy) is 1. The average Bonchev–Trinajstić information content (AvgIpc) is 3.14. The van der Waals surface area contributed by atoms with Crippen molar-refractivity contribution in [2.24, 2.45) is 11.8 Å². The number of amides is 3. The number of carbonyl (C=O) groups is 3. The van der Waals surface area contributed by atoms with Crippen LogP contribution in [-0.2, 0) is 14.3 Å². The highest BCUT2D eigenvalue weighted by atomic mass is 16.5. The number of aromatic nitrogens is 1. The number of hydrogen-bond acceptors (Lipinski definition) is 5. The minimum absolute atomic E-state index is 0.0410. The molecule has 1 atom stereocenters. The zero-order chi connectivity index (χ0) is 20.2. The fourth-order valence-electron chi connectivity index (χ4n) is 4.46. The van der Waals surface area contributed by atoms with Crippen LogP contribution < -0.4 is 0 Å². The van der Waals surface area contributed by atoms with Gasteiger partial charge in [0.2, 0.25) is 11.8 Å². The van der Waals surface area contributed by atoms with Gasteiger partial charge < -0.3 is 19.4 Å². The Hall–Kier alpha value is -2.48. The molecule has 8 heteroatoms. The van der Waals surface area contributed by atoms with Gasteiger partial charge in [0.05, 0.1) is 19.1 Å². The van der Waals surface area contributed by atoms with E-state index in [4.69, 9.17) is 4.74 Å². The van der Waals surface area contributed by atoms with Gasteiger partial charge in [0.1, 0.15) is 0 Å². The SMILES string of the molecule is O=C1CC(C(=O)N2CCOCC2)CN1CC1CCN(C(=O)c2ccncc2)CC1. The van der Waals surface area contributed by atoms with Crippen LogP contribution in [-0.4, -0.2) is 89.9 Å². The van der Waals surface area contributed by atoms with Crippen LogP contribution in [0.2, 0.25) is 0 Å². The molecular formula is C21H28N4O4. The summed E-state index contributed by atoms with van der Waals surface area (Å²) in [5, 5.41) is 0. The Morgan fingerprint density at radius 2 is 1.72 bits per heavy atom. The van der Waals surface area contributed by atoms with Crippen LogP contribution >= 0.6 is 0 Å². The number of rotatable bonds is 4. The molecule has 0 aliphatic carbocycles. The van der Waals surface area contributed by atoms with Crippen molar-refractivity contribution in [3.63, 3.8) is 0 Å². The van der Waals surface area contributed by atoms with Crippen molar-refractivity contribution < 1.29 is 19.1 Å². The lowest BCUT2D eigenvalue weighted by molar-refractivity contribution is -0.139. The van der Waals surface area contributed by atoms with Crippen molar-refractivity contribution >= 4 is 17.7 Å². The van der Waals surface area contributed by atoms with Crippen molar-refractivity contribution in [3.8, 4) is 0 Å². The summed E-state index contributed by atoms with van der Waals surface area (Å²) in [6.07, 6.45) is 5.34. The first-order chi connectivity index (χ1) is 14.1. The molecule has 0 bridgehead atoms. The predicted molar refractivity (Wildman–Crippen MR) is 105 cm³/mol. The van der Waals surface area contributed by atoms with E-state index in [0.29, 0.717) is 70.4 Å². The first-order valence-corrected chi connectivity index (χ1v) is 10.5. The van der Waals surface area contributed by atoms with Gasteiger partial charge in [0, 0.05) is 63.6 Å². The van der Waals surface area contributed by atoms with Crippen LogP contribution in [0.4, 0.5) is 0 Å². The van der Waals surface area contributed by atoms with Gasteiger partial charge in [-0.25, -0.2) is 0 Å². The quantitative estimate of drug-likeness (QED) is 0.741. The standard InChI is InChI=1S/C21H28N4O4/c26-19-13-18(21(28)24-9-11-29-12-10-24)15-25(19)14-16-3-7-23(8-4-16)20(27)17-1-5-22-6-2-17/h1-2,5-6,16,18H,3-4,7-15H2. The van der Waals surface area contributed by atoms with Crippen molar-refractivity contribution in [2.45, 2.75) is 19.3 Å². The number of morpholine rings is 1. The fraction of sp³-hybridized carbons (Fsp3) is 0.619. The monoisotopic (exact) mass is 400 g/mol. The summed E-state index contributed by atoms with van der Waals surface area (Å²) in [5.74, 6) is 0.347. The lowest BCUT2D eigenvalue weighted by Crippen LogP contribution is -2.44. The molecule has 4 heterocycles. The van der Waals surface area contributed by atoms with Crippen LogP contribution in [0.15, 0.2) is 24.5 Å². The third-order valence-electron chi connectivity index (χ3n) is 6.19. The minimum Gasteiger partial charge on any atom is -0.378 e. The Bertz CT molecular complexity index is 742. The number of carbonyl (C=O) groups excluding carboxylic acids is 3. The predicted octanol–water partition coefficient (Wildman–Crippen LogP) is 0.641. The van der Waals surface area contributed by atoms with Crippen LogP contribution in [0.3, 0.4) is 0 Å².